The second-order valence-electron chi connectivity index (χ2n) is 9.32. The molecule has 0 radical (unpaired) electrons. The van der Waals surface area contributed by atoms with Crippen molar-refractivity contribution in [2.45, 2.75) is 43.6 Å². The van der Waals surface area contributed by atoms with Crippen LogP contribution in [0.5, 0.6) is 0 Å². The zero-order valence-corrected chi connectivity index (χ0v) is 22.3. The minimum atomic E-state index is -5.13. The summed E-state index contributed by atoms with van der Waals surface area (Å²) in [5.74, 6) is -2.04. The van der Waals surface area contributed by atoms with Gasteiger partial charge in [0, 0.05) is 17.0 Å². The van der Waals surface area contributed by atoms with Gasteiger partial charge in [-0.05, 0) is 36.4 Å². The van der Waals surface area contributed by atoms with E-state index in [1.54, 1.807) is 0 Å². The van der Waals surface area contributed by atoms with E-state index in [1.165, 1.54) is 24.3 Å². The molecule has 3 atom stereocenters. The molecule has 18 heteroatoms. The molecule has 3 aromatic rings. The molecule has 0 bridgehead atoms. The number of aromatic nitrogens is 3. The number of halogens is 8. The number of urea groups is 1. The molecule has 0 unspecified atom stereocenters. The predicted molar refractivity (Wildman–Crippen MR) is 136 cm³/mol. The molecule has 10 nitrogen and oxygen atoms in total. The SMILES string of the molecule is N=C(c1ccc(Cl)cc1)N(C[C@H](O)C(F)(F)F)C(=O)NCc1ncn(-c2c(C(=O)N[C@H]3C[C@H]3F)cccc2C(F)(F)F)n1. The van der Waals surface area contributed by atoms with Crippen molar-refractivity contribution in [2.24, 2.45) is 0 Å². The molecule has 0 aliphatic heterocycles. The van der Waals surface area contributed by atoms with Crippen LogP contribution in [-0.2, 0) is 12.7 Å². The Balaban J connectivity index is 1.57. The largest absolute Gasteiger partial charge is 0.418 e. The van der Waals surface area contributed by atoms with Crippen molar-refractivity contribution >= 4 is 29.4 Å². The fourth-order valence-corrected chi connectivity index (χ4v) is 3.94. The molecule has 1 saturated carbocycles. The van der Waals surface area contributed by atoms with Crippen molar-refractivity contribution in [3.8, 4) is 5.69 Å². The van der Waals surface area contributed by atoms with Crippen LogP contribution in [0, 0.1) is 5.41 Å². The number of hydrogen-bond donors (Lipinski definition) is 4. The Morgan fingerprint density at radius 1 is 1.14 bits per heavy atom. The van der Waals surface area contributed by atoms with Crippen molar-refractivity contribution < 1.29 is 45.4 Å². The Labute approximate surface area is 243 Å². The van der Waals surface area contributed by atoms with Crippen LogP contribution in [0.15, 0.2) is 48.8 Å². The number of alkyl halides is 7. The van der Waals surface area contributed by atoms with Crippen molar-refractivity contribution in [3.63, 3.8) is 0 Å². The van der Waals surface area contributed by atoms with Gasteiger partial charge in [-0.25, -0.2) is 18.9 Å². The third kappa shape index (κ3) is 7.59. The van der Waals surface area contributed by atoms with Crippen LogP contribution in [0.1, 0.15) is 33.7 Å². The Bertz CT molecular complexity index is 1510. The summed E-state index contributed by atoms with van der Waals surface area (Å²) in [6.07, 6.45) is -13.6. The average Bonchev–Trinajstić information content (AvgIpc) is 3.42. The first-order valence-corrected chi connectivity index (χ1v) is 12.6. The van der Waals surface area contributed by atoms with E-state index in [-0.39, 0.29) is 22.8 Å². The lowest BCUT2D eigenvalue weighted by Gasteiger charge is -2.27. The normalized spacial score (nSPS) is 17.2. The van der Waals surface area contributed by atoms with Gasteiger partial charge in [0.25, 0.3) is 5.91 Å². The van der Waals surface area contributed by atoms with Crippen LogP contribution in [0.4, 0.5) is 35.5 Å². The molecular weight excluding hydrogens is 615 g/mol. The van der Waals surface area contributed by atoms with E-state index in [0.717, 1.165) is 18.5 Å². The molecule has 1 aliphatic rings. The van der Waals surface area contributed by atoms with Crippen molar-refractivity contribution in [3.05, 3.63) is 76.3 Å². The van der Waals surface area contributed by atoms with Gasteiger partial charge in [0.1, 0.15) is 18.3 Å². The molecule has 2 aromatic carbocycles. The van der Waals surface area contributed by atoms with Crippen LogP contribution in [0.2, 0.25) is 5.02 Å². The van der Waals surface area contributed by atoms with Gasteiger partial charge < -0.3 is 15.7 Å². The summed E-state index contributed by atoms with van der Waals surface area (Å²) in [5, 5.41) is 26.4. The van der Waals surface area contributed by atoms with Gasteiger partial charge in [-0.15, -0.1) is 5.10 Å². The maximum atomic E-state index is 13.8. The van der Waals surface area contributed by atoms with Gasteiger partial charge in [-0.3, -0.25) is 15.1 Å². The molecule has 1 aliphatic carbocycles. The first-order valence-electron chi connectivity index (χ1n) is 12.3. The Kier molecular flexibility index (Phi) is 8.96. The maximum absolute atomic E-state index is 13.8. The second kappa shape index (κ2) is 12.2. The quantitative estimate of drug-likeness (QED) is 0.167. The summed E-state index contributed by atoms with van der Waals surface area (Å²) in [7, 11) is 0. The summed E-state index contributed by atoms with van der Waals surface area (Å²) >= 11 is 5.79. The van der Waals surface area contributed by atoms with E-state index >= 15 is 0 Å². The van der Waals surface area contributed by atoms with E-state index < -0.39 is 78.3 Å². The number of nitrogens with zero attached hydrogens (tertiary/aromatic N) is 4. The van der Waals surface area contributed by atoms with Crippen molar-refractivity contribution in [1.29, 1.82) is 5.41 Å². The highest BCUT2D eigenvalue weighted by Gasteiger charge is 2.42. The Hall–Kier alpha value is -4.25. The fraction of sp³-hybridized carbons (Fsp3) is 0.320. The molecule has 0 spiro atoms. The average molecular weight is 636 g/mol. The molecule has 1 aromatic heterocycles. The number of amidine groups is 1. The number of aliphatic hydroxyl groups excluding tert-OH is 1. The minimum Gasteiger partial charge on any atom is -0.382 e. The topological polar surface area (TPSA) is 136 Å². The zero-order valence-electron chi connectivity index (χ0n) is 21.5. The van der Waals surface area contributed by atoms with Crippen LogP contribution in [0.3, 0.4) is 0 Å². The minimum absolute atomic E-state index is 0.0136. The highest BCUT2D eigenvalue weighted by Crippen LogP contribution is 2.36. The highest BCUT2D eigenvalue weighted by molar-refractivity contribution is 6.30. The van der Waals surface area contributed by atoms with Gasteiger partial charge in [0.15, 0.2) is 11.9 Å². The lowest BCUT2D eigenvalue weighted by Crippen LogP contribution is -2.50. The van der Waals surface area contributed by atoms with Crippen molar-refractivity contribution in [1.82, 2.24) is 30.3 Å². The standard InChI is InChI=1S/C25H21ClF7N7O3/c26-13-6-4-12(5-7-13)21(34)39(10-18(41)25(31,32)33)23(43)35-9-19-36-11-40(38-19)20-14(22(42)37-17-8-16(17)27)2-1-3-15(20)24(28,29)30/h1-7,11,16-18,34,41H,8-10H2,(H,35,43)(H,37,42)/t16-,17+,18+/m1/s1. The fourth-order valence-electron chi connectivity index (χ4n) is 3.81. The molecule has 1 heterocycles. The molecule has 0 saturated heterocycles. The first kappa shape index (κ1) is 31.7. The zero-order chi connectivity index (χ0) is 31.7. The molecular formula is C25H21ClF7N7O3. The highest BCUT2D eigenvalue weighted by atomic mass is 35.5. The van der Waals surface area contributed by atoms with E-state index in [2.05, 4.69) is 20.7 Å². The lowest BCUT2D eigenvalue weighted by molar-refractivity contribution is -0.204. The number of para-hydroxylation sites is 1. The van der Waals surface area contributed by atoms with Gasteiger partial charge in [-0.2, -0.15) is 26.3 Å². The van der Waals surface area contributed by atoms with Gasteiger partial charge in [0.05, 0.1) is 35.9 Å². The molecule has 4 rings (SSSR count). The maximum Gasteiger partial charge on any atom is 0.418 e. The number of amides is 3. The summed E-state index contributed by atoms with van der Waals surface area (Å²) < 4.78 is 94.6. The Morgan fingerprint density at radius 3 is 2.37 bits per heavy atom. The van der Waals surface area contributed by atoms with E-state index in [4.69, 9.17) is 17.0 Å². The number of rotatable bonds is 8. The number of carbonyl (C=O) groups excluding carboxylic acids is 2. The number of aliphatic hydroxyl groups is 1. The summed E-state index contributed by atoms with van der Waals surface area (Å²) in [6, 6.07) is 5.79. The monoisotopic (exact) mass is 635 g/mol. The summed E-state index contributed by atoms with van der Waals surface area (Å²) in [4.78, 5) is 29.7. The molecule has 3 amide bonds. The molecule has 230 valence electrons. The predicted octanol–water partition coefficient (Wildman–Crippen LogP) is 4.24. The number of benzene rings is 2. The summed E-state index contributed by atoms with van der Waals surface area (Å²) in [5.41, 5.74) is -2.50. The van der Waals surface area contributed by atoms with Gasteiger partial charge in [0.2, 0.25) is 0 Å². The van der Waals surface area contributed by atoms with Crippen LogP contribution < -0.4 is 10.6 Å². The van der Waals surface area contributed by atoms with Gasteiger partial charge in [-0.1, -0.05) is 17.7 Å². The third-order valence-electron chi connectivity index (χ3n) is 6.15. The van der Waals surface area contributed by atoms with Crippen LogP contribution in [-0.4, -0.2) is 73.6 Å². The van der Waals surface area contributed by atoms with E-state index in [1.807, 2.05) is 0 Å². The number of nitrogens with one attached hydrogen (secondary N) is 3. The van der Waals surface area contributed by atoms with Crippen LogP contribution >= 0.6 is 11.6 Å². The molecule has 4 N–H and O–H groups in total. The third-order valence-corrected chi connectivity index (χ3v) is 6.40. The van der Waals surface area contributed by atoms with E-state index in [0.29, 0.717) is 15.6 Å². The van der Waals surface area contributed by atoms with Gasteiger partial charge >= 0.3 is 18.4 Å². The number of carbonyl (C=O) groups is 2. The van der Waals surface area contributed by atoms with E-state index in [9.17, 15) is 45.4 Å². The summed E-state index contributed by atoms with van der Waals surface area (Å²) in [6.45, 7) is -2.00. The van der Waals surface area contributed by atoms with Crippen molar-refractivity contribution in [2.75, 3.05) is 6.54 Å². The second-order valence-corrected chi connectivity index (χ2v) is 9.76. The lowest BCUT2D eigenvalue weighted by atomic mass is 10.1. The smallest absolute Gasteiger partial charge is 0.382 e. The Morgan fingerprint density at radius 2 is 1.79 bits per heavy atom. The van der Waals surface area contributed by atoms with Crippen LogP contribution in [0.25, 0.3) is 5.69 Å². The molecule has 1 fully saturated rings. The first-order chi connectivity index (χ1) is 20.1. The molecule has 43 heavy (non-hydrogen) atoms. The number of hydrogen-bond acceptors (Lipinski definition) is 6.